The number of ketones is 1. The van der Waals surface area contributed by atoms with Gasteiger partial charge in [-0.1, -0.05) is 29.3 Å². The fraction of sp³-hybridized carbons (Fsp3) is 0.522. The number of allylic oxidation sites excluding steroid dienone is 3. The van der Waals surface area contributed by atoms with E-state index in [1.807, 2.05) is 26.0 Å². The Hall–Kier alpha value is -1.82. The number of fused-ring (bicyclic) bond motifs is 3. The van der Waals surface area contributed by atoms with Crippen LogP contribution in [-0.2, 0) is 16.0 Å². The van der Waals surface area contributed by atoms with Gasteiger partial charge in [0.2, 0.25) is 0 Å². The van der Waals surface area contributed by atoms with Gasteiger partial charge in [0.25, 0.3) is 0 Å². The maximum atomic E-state index is 13.1. The molecule has 158 valence electrons. The fourth-order valence-corrected chi connectivity index (χ4v) is 4.53. The maximum Gasteiger partial charge on any atom is 0.173 e. The van der Waals surface area contributed by atoms with E-state index in [4.69, 9.17) is 16.3 Å². The maximum absolute atomic E-state index is 13.1. The molecule has 0 unspecified atom stereocenters. The predicted octanol–water partition coefficient (Wildman–Crippen LogP) is 4.68. The highest BCUT2D eigenvalue weighted by Gasteiger charge is 2.53. The Morgan fingerprint density at radius 2 is 1.79 bits per heavy atom. The minimum Gasteiger partial charge on any atom is -0.507 e. The van der Waals surface area contributed by atoms with Gasteiger partial charge in [-0.15, -0.1) is 0 Å². The molecule has 3 rings (SSSR count). The Labute approximate surface area is 176 Å². The number of hydrogen-bond donors (Lipinski definition) is 3. The number of benzene rings is 1. The van der Waals surface area contributed by atoms with Gasteiger partial charge in [-0.3, -0.25) is 4.79 Å². The first-order valence-corrected chi connectivity index (χ1v) is 10.3. The summed E-state index contributed by atoms with van der Waals surface area (Å²) in [5.41, 5.74) is 1.70. The van der Waals surface area contributed by atoms with Crippen molar-refractivity contribution in [2.24, 2.45) is 5.92 Å². The summed E-state index contributed by atoms with van der Waals surface area (Å²) in [4.78, 5) is 13.1. The van der Waals surface area contributed by atoms with Gasteiger partial charge in [0.15, 0.2) is 5.78 Å². The van der Waals surface area contributed by atoms with E-state index >= 15 is 0 Å². The topological polar surface area (TPSA) is 87.0 Å². The summed E-state index contributed by atoms with van der Waals surface area (Å²) in [6.07, 6.45) is 3.89. The molecule has 0 spiro atoms. The highest BCUT2D eigenvalue weighted by molar-refractivity contribution is 6.33. The summed E-state index contributed by atoms with van der Waals surface area (Å²) < 4.78 is 6.06. The SMILES string of the molecule is C/C1=C/CC/C(C)=C/Cc2c(O)c(Cl)c(C)c(c2O)[C@@H](O)[C@H]2C(=O)C(C)(C)O[C@H]12. The van der Waals surface area contributed by atoms with Crippen molar-refractivity contribution < 1.29 is 24.9 Å². The van der Waals surface area contributed by atoms with Crippen LogP contribution in [-0.4, -0.2) is 32.8 Å². The van der Waals surface area contributed by atoms with Crippen LogP contribution in [0.5, 0.6) is 11.5 Å². The average molecular weight is 421 g/mol. The predicted molar refractivity (Wildman–Crippen MR) is 112 cm³/mol. The minimum atomic E-state index is -1.32. The van der Waals surface area contributed by atoms with Crippen molar-refractivity contribution in [3.05, 3.63) is 45.0 Å². The van der Waals surface area contributed by atoms with Gasteiger partial charge in [0, 0.05) is 11.1 Å². The van der Waals surface area contributed by atoms with E-state index in [1.54, 1.807) is 20.8 Å². The molecule has 1 aliphatic heterocycles. The molecule has 0 radical (unpaired) electrons. The molecule has 2 bridgehead atoms. The van der Waals surface area contributed by atoms with Crippen LogP contribution in [0.2, 0.25) is 5.02 Å². The van der Waals surface area contributed by atoms with Crippen molar-refractivity contribution in [3.63, 3.8) is 0 Å². The summed E-state index contributed by atoms with van der Waals surface area (Å²) in [5, 5.41) is 32.9. The van der Waals surface area contributed by atoms with Gasteiger partial charge in [-0.05, 0) is 65.0 Å². The van der Waals surface area contributed by atoms with E-state index in [2.05, 4.69) is 0 Å². The highest BCUT2D eigenvalue weighted by Crippen LogP contribution is 2.49. The number of carbonyl (C=O) groups excluding carboxylic acids is 1. The summed E-state index contributed by atoms with van der Waals surface area (Å²) in [6, 6.07) is 0. The van der Waals surface area contributed by atoms with Gasteiger partial charge in [0.05, 0.1) is 23.1 Å². The van der Waals surface area contributed by atoms with E-state index < -0.39 is 23.7 Å². The summed E-state index contributed by atoms with van der Waals surface area (Å²) in [7, 11) is 0. The minimum absolute atomic E-state index is 0.0715. The largest absolute Gasteiger partial charge is 0.507 e. The molecule has 6 heteroatoms. The number of rotatable bonds is 0. The molecule has 3 N–H and O–H groups in total. The fourth-order valence-electron chi connectivity index (χ4n) is 4.31. The number of hydrogen-bond acceptors (Lipinski definition) is 5. The zero-order valence-electron chi connectivity index (χ0n) is 17.5. The Bertz CT molecular complexity index is 913. The van der Waals surface area contributed by atoms with Crippen LogP contribution >= 0.6 is 11.6 Å². The molecular weight excluding hydrogens is 392 g/mol. The lowest BCUT2D eigenvalue weighted by molar-refractivity contribution is -0.132. The Morgan fingerprint density at radius 1 is 1.14 bits per heavy atom. The van der Waals surface area contributed by atoms with Crippen molar-refractivity contribution in [3.8, 4) is 11.5 Å². The molecule has 5 nitrogen and oxygen atoms in total. The molecule has 1 heterocycles. The monoisotopic (exact) mass is 420 g/mol. The Kier molecular flexibility index (Phi) is 5.87. The molecule has 2 aliphatic rings. The number of phenols is 2. The van der Waals surface area contributed by atoms with Crippen molar-refractivity contribution >= 4 is 17.4 Å². The molecule has 1 aromatic carbocycles. The van der Waals surface area contributed by atoms with Crippen LogP contribution in [0.1, 0.15) is 63.3 Å². The van der Waals surface area contributed by atoms with Gasteiger partial charge in [-0.25, -0.2) is 0 Å². The number of phenolic OH excluding ortho intramolecular Hbond substituents is 2. The quantitative estimate of drug-likeness (QED) is 0.530. The normalized spacial score (nSPS) is 30.9. The summed E-state index contributed by atoms with van der Waals surface area (Å²) in [6.45, 7) is 8.90. The van der Waals surface area contributed by atoms with E-state index in [0.717, 1.165) is 24.0 Å². The zero-order chi connectivity index (χ0) is 21.7. The lowest BCUT2D eigenvalue weighted by Gasteiger charge is -2.26. The first-order chi connectivity index (χ1) is 13.5. The second-order valence-corrected chi connectivity index (χ2v) is 9.03. The van der Waals surface area contributed by atoms with Crippen molar-refractivity contribution in [2.45, 2.75) is 71.7 Å². The van der Waals surface area contributed by atoms with Crippen LogP contribution < -0.4 is 0 Å². The molecule has 1 saturated heterocycles. The second kappa shape index (κ2) is 7.78. The lowest BCUT2D eigenvalue weighted by Crippen LogP contribution is -2.33. The van der Waals surface area contributed by atoms with Crippen LogP contribution in [0.3, 0.4) is 0 Å². The average Bonchev–Trinajstić information content (AvgIpc) is 2.89. The number of Topliss-reactive ketones (excluding diaryl/α,β-unsaturated/α-hetero) is 1. The standard InChI is InChI=1S/C23H29ClO5/c1-11-7-6-8-12(2)21-16(22(28)23(4,5)29-21)20(27)15-13(3)17(24)19(26)14(10-9-11)18(15)25/h8-9,16,20-21,25-27H,6-7,10H2,1-5H3/b11-9+,12-8-/t16-,20-,21-/m1/s1. The van der Waals surface area contributed by atoms with E-state index in [-0.39, 0.29) is 39.9 Å². The number of ether oxygens (including phenoxy) is 1. The van der Waals surface area contributed by atoms with Crippen LogP contribution in [0.15, 0.2) is 23.3 Å². The van der Waals surface area contributed by atoms with Crippen molar-refractivity contribution in [1.82, 2.24) is 0 Å². The molecular formula is C23H29ClO5. The van der Waals surface area contributed by atoms with Crippen molar-refractivity contribution in [1.29, 1.82) is 0 Å². The number of aromatic hydroxyl groups is 2. The first kappa shape index (κ1) is 21.9. The molecule has 29 heavy (non-hydrogen) atoms. The second-order valence-electron chi connectivity index (χ2n) is 8.65. The lowest BCUT2D eigenvalue weighted by atomic mass is 9.80. The van der Waals surface area contributed by atoms with Crippen LogP contribution in [0.4, 0.5) is 0 Å². The van der Waals surface area contributed by atoms with E-state index in [9.17, 15) is 20.1 Å². The number of aliphatic hydroxyl groups is 1. The highest BCUT2D eigenvalue weighted by atomic mass is 35.5. The number of carbonyl (C=O) groups is 1. The number of halogens is 1. The third kappa shape index (κ3) is 3.72. The third-order valence-corrected chi connectivity index (χ3v) is 6.62. The van der Waals surface area contributed by atoms with Crippen LogP contribution in [0, 0.1) is 12.8 Å². The summed E-state index contributed by atoms with van der Waals surface area (Å²) >= 11 is 6.34. The Balaban J connectivity index is 2.27. The molecule has 0 saturated carbocycles. The molecule has 1 fully saturated rings. The van der Waals surface area contributed by atoms with E-state index in [1.165, 1.54) is 0 Å². The van der Waals surface area contributed by atoms with Gasteiger partial charge in [0.1, 0.15) is 17.1 Å². The zero-order valence-corrected chi connectivity index (χ0v) is 18.3. The molecule has 3 atom stereocenters. The van der Waals surface area contributed by atoms with Gasteiger partial charge < -0.3 is 20.1 Å². The number of aliphatic hydroxyl groups excluding tert-OH is 1. The van der Waals surface area contributed by atoms with Crippen LogP contribution in [0.25, 0.3) is 0 Å². The van der Waals surface area contributed by atoms with E-state index in [0.29, 0.717) is 5.56 Å². The third-order valence-electron chi connectivity index (χ3n) is 6.16. The summed E-state index contributed by atoms with van der Waals surface area (Å²) in [5.74, 6) is -1.53. The Morgan fingerprint density at radius 3 is 2.45 bits per heavy atom. The molecule has 0 amide bonds. The van der Waals surface area contributed by atoms with Crippen molar-refractivity contribution in [2.75, 3.05) is 0 Å². The molecule has 1 aliphatic carbocycles. The molecule has 1 aromatic rings. The van der Waals surface area contributed by atoms with Gasteiger partial charge >= 0.3 is 0 Å². The molecule has 0 aromatic heterocycles. The first-order valence-electron chi connectivity index (χ1n) is 9.92. The smallest absolute Gasteiger partial charge is 0.173 e. The van der Waals surface area contributed by atoms with Gasteiger partial charge in [-0.2, -0.15) is 0 Å².